The highest BCUT2D eigenvalue weighted by Crippen LogP contribution is 2.39. The average Bonchev–Trinajstić information content (AvgIpc) is 3.07. The number of allylic oxidation sites excluding steroid dienone is 1. The summed E-state index contributed by atoms with van der Waals surface area (Å²) < 4.78 is 11.2. The highest BCUT2D eigenvalue weighted by atomic mass is 35.5. The number of nitrogens with zero attached hydrogens (tertiary/aromatic N) is 1. The molecular formula is C23H14ClNO6. The zero-order valence-electron chi connectivity index (χ0n) is 16.1. The third kappa shape index (κ3) is 4.04. The van der Waals surface area contributed by atoms with Crippen LogP contribution in [0.3, 0.4) is 0 Å². The second kappa shape index (κ2) is 8.04. The Bertz CT molecular complexity index is 1250. The van der Waals surface area contributed by atoms with Crippen LogP contribution in [0.2, 0.25) is 5.02 Å². The van der Waals surface area contributed by atoms with Gasteiger partial charge in [-0.1, -0.05) is 11.6 Å². The number of hydrogen-bond acceptors (Lipinski definition) is 6. The first-order chi connectivity index (χ1) is 14.8. The van der Waals surface area contributed by atoms with Gasteiger partial charge in [-0.05, 0) is 67.1 Å². The number of benzene rings is 3. The van der Waals surface area contributed by atoms with Gasteiger partial charge in [-0.3, -0.25) is 14.9 Å². The first-order valence-electron chi connectivity index (χ1n) is 9.13. The molecule has 3 aromatic carbocycles. The summed E-state index contributed by atoms with van der Waals surface area (Å²) in [6.45, 7) is 1.69. The number of carbonyl (C=O) groups excluding carboxylic acids is 2. The molecular weight excluding hydrogens is 422 g/mol. The van der Waals surface area contributed by atoms with E-state index in [0.29, 0.717) is 33.0 Å². The summed E-state index contributed by atoms with van der Waals surface area (Å²) in [5, 5.41) is 11.3. The van der Waals surface area contributed by atoms with Crippen molar-refractivity contribution in [1.82, 2.24) is 0 Å². The van der Waals surface area contributed by atoms with Crippen molar-refractivity contribution in [2.24, 2.45) is 0 Å². The third-order valence-electron chi connectivity index (χ3n) is 4.72. The van der Waals surface area contributed by atoms with E-state index in [1.54, 1.807) is 31.2 Å². The number of esters is 1. The molecule has 31 heavy (non-hydrogen) atoms. The predicted molar refractivity (Wildman–Crippen MR) is 114 cm³/mol. The Labute approximate surface area is 181 Å². The van der Waals surface area contributed by atoms with Crippen LogP contribution in [-0.4, -0.2) is 16.7 Å². The molecule has 154 valence electrons. The van der Waals surface area contributed by atoms with Crippen molar-refractivity contribution in [2.45, 2.75) is 6.92 Å². The van der Waals surface area contributed by atoms with E-state index >= 15 is 0 Å². The molecule has 0 unspecified atom stereocenters. The van der Waals surface area contributed by atoms with Gasteiger partial charge in [0.05, 0.1) is 16.1 Å². The molecule has 0 saturated heterocycles. The van der Waals surface area contributed by atoms with Gasteiger partial charge in [-0.2, -0.15) is 0 Å². The summed E-state index contributed by atoms with van der Waals surface area (Å²) in [6.07, 6.45) is 1.50. The molecule has 4 rings (SSSR count). The van der Waals surface area contributed by atoms with E-state index in [1.807, 2.05) is 0 Å². The van der Waals surface area contributed by atoms with Gasteiger partial charge in [0.15, 0.2) is 5.76 Å². The highest BCUT2D eigenvalue weighted by molar-refractivity contribution is 6.30. The summed E-state index contributed by atoms with van der Waals surface area (Å²) in [5.41, 5.74) is 1.71. The lowest BCUT2D eigenvalue weighted by molar-refractivity contribution is -0.384. The number of nitro benzene ring substituents is 1. The van der Waals surface area contributed by atoms with Crippen LogP contribution >= 0.6 is 11.6 Å². The second-order valence-corrected chi connectivity index (χ2v) is 7.19. The van der Waals surface area contributed by atoms with Gasteiger partial charge in [-0.25, -0.2) is 4.79 Å². The zero-order valence-corrected chi connectivity index (χ0v) is 16.9. The summed E-state index contributed by atoms with van der Waals surface area (Å²) >= 11 is 5.84. The van der Waals surface area contributed by atoms with Crippen molar-refractivity contribution >= 4 is 35.1 Å². The molecule has 1 aliphatic heterocycles. The summed E-state index contributed by atoms with van der Waals surface area (Å²) in [4.78, 5) is 35.4. The number of non-ortho nitro benzene ring substituents is 1. The maximum atomic E-state index is 12.7. The summed E-state index contributed by atoms with van der Waals surface area (Å²) in [5.74, 6) is -0.242. The summed E-state index contributed by atoms with van der Waals surface area (Å²) in [7, 11) is 0. The zero-order chi connectivity index (χ0) is 22.1. The number of halogens is 1. The maximum absolute atomic E-state index is 12.7. The van der Waals surface area contributed by atoms with E-state index < -0.39 is 10.9 Å². The molecule has 7 nitrogen and oxygen atoms in total. The Hall–Kier alpha value is -3.97. The number of ether oxygens (including phenoxy) is 2. The fourth-order valence-electron chi connectivity index (χ4n) is 3.07. The number of carbonyl (C=O) groups is 2. The largest absolute Gasteiger partial charge is 0.452 e. The van der Waals surface area contributed by atoms with Gasteiger partial charge in [0.25, 0.3) is 5.69 Å². The van der Waals surface area contributed by atoms with Crippen LogP contribution in [0.15, 0.2) is 66.4 Å². The van der Waals surface area contributed by atoms with Gasteiger partial charge < -0.3 is 9.47 Å². The van der Waals surface area contributed by atoms with E-state index in [-0.39, 0.29) is 23.0 Å². The van der Waals surface area contributed by atoms with Crippen LogP contribution < -0.4 is 9.47 Å². The molecule has 0 N–H and O–H groups in total. The molecule has 0 bridgehead atoms. The van der Waals surface area contributed by atoms with E-state index in [0.717, 1.165) is 0 Å². The lowest BCUT2D eigenvalue weighted by Gasteiger charge is -2.10. The van der Waals surface area contributed by atoms with Crippen molar-refractivity contribution < 1.29 is 24.0 Å². The lowest BCUT2D eigenvalue weighted by atomic mass is 10.1. The molecule has 0 radical (unpaired) electrons. The second-order valence-electron chi connectivity index (χ2n) is 6.75. The van der Waals surface area contributed by atoms with Crippen LogP contribution in [0.1, 0.15) is 31.8 Å². The SMILES string of the molecule is Cc1c(OC(=O)c2ccc(Cl)cc2)ccc2c1O/C(=C\c1ccc([N+](=O)[O-])cc1)C2=O. The number of nitro groups is 1. The van der Waals surface area contributed by atoms with Crippen molar-refractivity contribution in [3.05, 3.63) is 104 Å². The van der Waals surface area contributed by atoms with E-state index in [4.69, 9.17) is 21.1 Å². The molecule has 0 saturated carbocycles. The number of Topliss-reactive ketones (excluding diaryl/α,β-unsaturated/α-hetero) is 1. The molecule has 1 aliphatic rings. The Kier molecular flexibility index (Phi) is 5.27. The van der Waals surface area contributed by atoms with Crippen LogP contribution in [0.4, 0.5) is 5.69 Å². The predicted octanol–water partition coefficient (Wildman–Crippen LogP) is 5.39. The third-order valence-corrected chi connectivity index (χ3v) is 4.97. The van der Waals surface area contributed by atoms with Gasteiger partial charge in [0.2, 0.25) is 5.78 Å². The normalized spacial score (nSPS) is 13.6. The monoisotopic (exact) mass is 435 g/mol. The fourth-order valence-corrected chi connectivity index (χ4v) is 3.19. The molecule has 0 aromatic heterocycles. The molecule has 1 heterocycles. The Morgan fingerprint density at radius 3 is 2.39 bits per heavy atom. The standard InChI is InChI=1S/C23H14ClNO6/c1-13-19(31-23(27)15-4-6-16(24)7-5-15)11-10-18-21(26)20(30-22(13)18)12-14-2-8-17(9-3-14)25(28)29/h2-12H,1H3/b20-12-. The average molecular weight is 436 g/mol. The number of fused-ring (bicyclic) bond motifs is 1. The van der Waals surface area contributed by atoms with Gasteiger partial charge in [0, 0.05) is 22.7 Å². The number of ketones is 1. The molecule has 0 spiro atoms. The minimum atomic E-state index is -0.564. The van der Waals surface area contributed by atoms with Crippen molar-refractivity contribution in [1.29, 1.82) is 0 Å². The van der Waals surface area contributed by atoms with E-state index in [2.05, 4.69) is 0 Å². The van der Waals surface area contributed by atoms with Crippen molar-refractivity contribution in [3.63, 3.8) is 0 Å². The quantitative estimate of drug-likeness (QED) is 0.179. The Balaban J connectivity index is 1.58. The van der Waals surface area contributed by atoms with E-state index in [9.17, 15) is 19.7 Å². The minimum Gasteiger partial charge on any atom is -0.452 e. The first kappa shape index (κ1) is 20.3. The van der Waals surface area contributed by atoms with Crippen molar-refractivity contribution in [2.75, 3.05) is 0 Å². The summed E-state index contributed by atoms with van der Waals surface area (Å²) in [6, 6.07) is 15.1. The molecule has 0 atom stereocenters. The number of rotatable bonds is 4. The lowest BCUT2D eigenvalue weighted by Crippen LogP contribution is -2.09. The smallest absolute Gasteiger partial charge is 0.343 e. The topological polar surface area (TPSA) is 95.7 Å². The van der Waals surface area contributed by atoms with Crippen LogP contribution in [0.5, 0.6) is 11.5 Å². The molecule has 0 aliphatic carbocycles. The van der Waals surface area contributed by atoms with Gasteiger partial charge in [0.1, 0.15) is 11.5 Å². The maximum Gasteiger partial charge on any atom is 0.343 e. The van der Waals surface area contributed by atoms with Gasteiger partial charge in [-0.15, -0.1) is 0 Å². The Morgan fingerprint density at radius 2 is 1.74 bits per heavy atom. The van der Waals surface area contributed by atoms with E-state index in [1.165, 1.54) is 42.5 Å². The van der Waals surface area contributed by atoms with Crippen molar-refractivity contribution in [3.8, 4) is 11.5 Å². The van der Waals surface area contributed by atoms with Gasteiger partial charge >= 0.3 is 5.97 Å². The minimum absolute atomic E-state index is 0.0490. The van der Waals surface area contributed by atoms with Crippen LogP contribution in [0.25, 0.3) is 6.08 Å². The molecule has 3 aromatic rings. The molecule has 0 fully saturated rings. The Morgan fingerprint density at radius 1 is 1.06 bits per heavy atom. The van der Waals surface area contributed by atoms with Crippen LogP contribution in [-0.2, 0) is 0 Å². The van der Waals surface area contributed by atoms with Crippen LogP contribution in [0, 0.1) is 17.0 Å². The molecule has 0 amide bonds. The molecule has 8 heteroatoms. The number of hydrogen-bond donors (Lipinski definition) is 0. The first-order valence-corrected chi connectivity index (χ1v) is 9.51. The fraction of sp³-hybridized carbons (Fsp3) is 0.0435. The highest BCUT2D eigenvalue weighted by Gasteiger charge is 2.30.